The number of rotatable bonds is 9. The molecular formula is C33H47BN4O6. The van der Waals surface area contributed by atoms with Gasteiger partial charge in [-0.25, -0.2) is 0 Å². The second-order valence-electron chi connectivity index (χ2n) is 13.4. The first-order valence-corrected chi connectivity index (χ1v) is 15.7. The summed E-state index contributed by atoms with van der Waals surface area (Å²) in [7, 11) is 12.8. The number of hydrogen-bond donors (Lipinski definition) is 4. The van der Waals surface area contributed by atoms with Gasteiger partial charge in [0.1, 0.15) is 0 Å². The summed E-state index contributed by atoms with van der Waals surface area (Å²) >= 11 is 0. The molecule has 44 heavy (non-hydrogen) atoms. The number of allylic oxidation sites excluding steroid dienone is 1. The third-order valence-electron chi connectivity index (χ3n) is 10.4. The Bertz CT molecular complexity index is 1450. The molecule has 0 aromatic heterocycles. The van der Waals surface area contributed by atoms with Crippen molar-refractivity contribution in [2.75, 3.05) is 53.3 Å². The van der Waals surface area contributed by atoms with Crippen LogP contribution >= 0.6 is 0 Å². The molecule has 0 aliphatic heterocycles. The van der Waals surface area contributed by atoms with Crippen LogP contribution in [-0.2, 0) is 17.8 Å². The van der Waals surface area contributed by atoms with Crippen LogP contribution in [0.15, 0.2) is 28.7 Å². The van der Waals surface area contributed by atoms with Gasteiger partial charge in [0.2, 0.25) is 0 Å². The number of likely N-dealkylation sites (N-methyl/N-ethyl adjacent to an activating group) is 1. The van der Waals surface area contributed by atoms with Gasteiger partial charge in [0.05, 0.1) is 0 Å². The Balaban J connectivity index is 1.64. The van der Waals surface area contributed by atoms with Crippen LogP contribution in [0.1, 0.15) is 60.5 Å². The number of ketones is 1. The van der Waals surface area contributed by atoms with E-state index in [1.54, 1.807) is 26.1 Å². The van der Waals surface area contributed by atoms with E-state index in [1.165, 1.54) is 25.7 Å². The SMILES string of the molecule is B=C1C(C(N)=O)=C(O)[C@@H](N(C)C)[C@@H]2C[C@@H]3Cc4c(c(OC)cc(CN(CC)CC5CCCC5)c4N(C)C)C(=O)C3=C(O)[C@]12O. The van der Waals surface area contributed by atoms with E-state index in [0.29, 0.717) is 23.7 Å². The number of carbonyl (C=O) groups is 2. The van der Waals surface area contributed by atoms with Gasteiger partial charge in [-0.15, -0.1) is 0 Å². The predicted molar refractivity (Wildman–Crippen MR) is 173 cm³/mol. The van der Waals surface area contributed by atoms with Gasteiger partial charge in [-0.1, -0.05) is 19.8 Å². The van der Waals surface area contributed by atoms with Gasteiger partial charge in [0, 0.05) is 0 Å². The third kappa shape index (κ3) is 4.97. The number of carbonyl (C=O) groups excluding carboxylic acids is 2. The Morgan fingerprint density at radius 3 is 2.39 bits per heavy atom. The molecular weight excluding hydrogens is 559 g/mol. The number of nitrogens with zero attached hydrogens (tertiary/aromatic N) is 3. The third-order valence-corrected chi connectivity index (χ3v) is 10.4. The summed E-state index contributed by atoms with van der Waals surface area (Å²) in [6.45, 7) is 4.84. The number of aliphatic hydroxyl groups is 3. The number of amides is 1. The number of fused-ring (bicyclic) bond motifs is 3. The summed E-state index contributed by atoms with van der Waals surface area (Å²) in [5, 5.41) is 35.2. The monoisotopic (exact) mass is 606 g/mol. The Labute approximate surface area is 261 Å². The van der Waals surface area contributed by atoms with Crippen molar-refractivity contribution in [2.24, 2.45) is 23.5 Å². The normalized spacial score (nSPS) is 27.1. The molecule has 4 aliphatic rings. The van der Waals surface area contributed by atoms with Gasteiger partial charge in [0.25, 0.3) is 0 Å². The van der Waals surface area contributed by atoms with Crippen molar-refractivity contribution < 1.29 is 29.6 Å². The summed E-state index contributed by atoms with van der Waals surface area (Å²) in [5.41, 5.74) is 6.28. The number of aliphatic hydroxyl groups excluding tert-OH is 2. The topological polar surface area (TPSA) is 140 Å². The average Bonchev–Trinajstić information content (AvgIpc) is 3.46. The summed E-state index contributed by atoms with van der Waals surface area (Å²) < 4.78 is 5.84. The van der Waals surface area contributed by atoms with Crippen LogP contribution in [0, 0.1) is 17.8 Å². The van der Waals surface area contributed by atoms with E-state index in [1.807, 2.05) is 20.2 Å². The molecule has 0 radical (unpaired) electrons. The number of nitrogens with two attached hydrogens (primary N) is 1. The number of primary amides is 1. The Morgan fingerprint density at radius 1 is 1.18 bits per heavy atom. The quantitative estimate of drug-likeness (QED) is 0.311. The van der Waals surface area contributed by atoms with Gasteiger partial charge in [-0.3, -0.25) is 0 Å². The van der Waals surface area contributed by atoms with Gasteiger partial charge in [0.15, 0.2) is 0 Å². The van der Waals surface area contributed by atoms with E-state index in [4.69, 9.17) is 10.5 Å². The zero-order valence-corrected chi connectivity index (χ0v) is 26.9. The maximum atomic E-state index is 14.4. The molecule has 4 aliphatic carbocycles. The Hall–Kier alpha value is -3.15. The summed E-state index contributed by atoms with van der Waals surface area (Å²) in [5.74, 6) is -2.32. The summed E-state index contributed by atoms with van der Waals surface area (Å²) in [6, 6.07) is 1.10. The number of benzene rings is 1. The Kier molecular flexibility index (Phi) is 8.79. The van der Waals surface area contributed by atoms with Crippen molar-refractivity contribution in [1.29, 1.82) is 0 Å². The van der Waals surface area contributed by atoms with Crippen molar-refractivity contribution in [2.45, 2.75) is 63.6 Å². The molecule has 1 aromatic rings. The molecule has 0 saturated heterocycles. The second-order valence-corrected chi connectivity index (χ2v) is 13.4. The molecule has 0 unspecified atom stereocenters. The summed E-state index contributed by atoms with van der Waals surface area (Å²) in [6.07, 6.45) is 5.80. The van der Waals surface area contributed by atoms with E-state index in [-0.39, 0.29) is 28.8 Å². The van der Waals surface area contributed by atoms with Crippen molar-refractivity contribution in [3.63, 3.8) is 0 Å². The predicted octanol–water partition coefficient (Wildman–Crippen LogP) is 2.01. The fourth-order valence-electron chi connectivity index (χ4n) is 8.47. The maximum absolute atomic E-state index is 14.4. The minimum absolute atomic E-state index is 0.0901. The molecule has 238 valence electrons. The molecule has 0 spiro atoms. The van der Waals surface area contributed by atoms with Crippen LogP contribution in [0.3, 0.4) is 0 Å². The number of hydrogen-bond acceptors (Lipinski definition) is 9. The molecule has 4 atom stereocenters. The van der Waals surface area contributed by atoms with Crippen LogP contribution in [0.2, 0.25) is 0 Å². The second kappa shape index (κ2) is 12.0. The zero-order valence-electron chi connectivity index (χ0n) is 26.9. The molecule has 1 amide bonds. The molecule has 10 nitrogen and oxygen atoms in total. The molecule has 1 saturated carbocycles. The summed E-state index contributed by atoms with van der Waals surface area (Å²) in [4.78, 5) is 33.0. The van der Waals surface area contributed by atoms with E-state index in [9.17, 15) is 24.9 Å². The standard InChI is InChI=1S/C33H47BN4O6/c1-7-38(15-17-10-8-9-11-17)16-19-14-22(44-6)24-20(26(19)36(2)3)12-18-13-21-27(37(4)5)29(40)25(32(35)42)30(34)33(21,43)31(41)23(18)28(24)39/h14,17-18,21,27,34,40-41,43H,7-13,15-16H2,1-6H3,(H2,35,42)/t18-,21-,27-,33+/m0/s1. The number of anilines is 1. The van der Waals surface area contributed by atoms with Crippen LogP contribution in [0.5, 0.6) is 5.75 Å². The molecule has 1 fully saturated rings. The molecule has 0 bridgehead atoms. The van der Waals surface area contributed by atoms with Crippen LogP contribution < -0.4 is 15.4 Å². The van der Waals surface area contributed by atoms with Gasteiger partial charge >= 0.3 is 223 Å². The fraction of sp³-hybridized carbons (Fsp3) is 0.606. The van der Waals surface area contributed by atoms with E-state index in [2.05, 4.69) is 24.2 Å². The van der Waals surface area contributed by atoms with Gasteiger partial charge in [-0.05, 0) is 18.8 Å². The van der Waals surface area contributed by atoms with E-state index in [0.717, 1.165) is 36.4 Å². The first-order valence-electron chi connectivity index (χ1n) is 15.7. The van der Waals surface area contributed by atoms with Crippen LogP contribution in [-0.4, -0.2) is 110 Å². The van der Waals surface area contributed by atoms with E-state index >= 15 is 0 Å². The first kappa shape index (κ1) is 32.3. The molecule has 5 N–H and O–H groups in total. The minimum atomic E-state index is -2.16. The fourth-order valence-corrected chi connectivity index (χ4v) is 8.47. The van der Waals surface area contributed by atoms with Crippen molar-refractivity contribution in [3.05, 3.63) is 45.4 Å². The van der Waals surface area contributed by atoms with Gasteiger partial charge in [-0.2, -0.15) is 0 Å². The van der Waals surface area contributed by atoms with Gasteiger partial charge < -0.3 is 0 Å². The molecule has 5 rings (SSSR count). The zero-order chi connectivity index (χ0) is 32.2. The van der Waals surface area contributed by atoms with Crippen molar-refractivity contribution in [1.82, 2.24) is 9.80 Å². The van der Waals surface area contributed by atoms with Crippen LogP contribution in [0.25, 0.3) is 0 Å². The number of ether oxygens (including phenoxy) is 1. The van der Waals surface area contributed by atoms with Crippen molar-refractivity contribution in [3.8, 4) is 5.75 Å². The van der Waals surface area contributed by atoms with Crippen molar-refractivity contribution >= 4 is 30.3 Å². The van der Waals surface area contributed by atoms with E-state index < -0.39 is 40.9 Å². The average molecular weight is 607 g/mol. The number of Topliss-reactive ketones (excluding diaryl/α,β-unsaturated/α-hetero) is 1. The molecule has 0 heterocycles. The first-order chi connectivity index (χ1) is 20.8. The molecule has 1 aromatic carbocycles. The Morgan fingerprint density at radius 2 is 1.84 bits per heavy atom. The van der Waals surface area contributed by atoms with Crippen LogP contribution in [0.4, 0.5) is 5.69 Å². The number of methoxy groups -OCH3 is 1. The molecule has 11 heteroatoms.